The lowest BCUT2D eigenvalue weighted by atomic mass is 9.96. The van der Waals surface area contributed by atoms with Gasteiger partial charge in [-0.15, -0.1) is 11.8 Å². The van der Waals surface area contributed by atoms with E-state index in [0.29, 0.717) is 6.54 Å². The molecule has 88 valence electrons. The van der Waals surface area contributed by atoms with Crippen molar-refractivity contribution < 1.29 is 13.2 Å². The Hall–Kier alpha value is -0.680. The van der Waals surface area contributed by atoms with Crippen LogP contribution in [0.4, 0.5) is 13.2 Å². The largest absolute Gasteiger partial charge is 0.416 e. The molecule has 1 unspecified atom stereocenters. The van der Waals surface area contributed by atoms with Crippen LogP contribution in [0.2, 0.25) is 0 Å². The van der Waals surface area contributed by atoms with Gasteiger partial charge in [-0.25, -0.2) is 0 Å². The molecule has 0 bridgehead atoms. The van der Waals surface area contributed by atoms with Gasteiger partial charge in [-0.05, 0) is 42.6 Å². The Morgan fingerprint density at radius 3 is 2.75 bits per heavy atom. The molecule has 0 fully saturated rings. The molecular formula is C11H12F3NS. The normalized spacial score (nSPS) is 19.9. The van der Waals surface area contributed by atoms with Crippen molar-refractivity contribution >= 4 is 11.8 Å². The zero-order chi connectivity index (χ0) is 11.8. The topological polar surface area (TPSA) is 26.0 Å². The molecule has 1 atom stereocenters. The second-order valence-corrected chi connectivity index (χ2v) is 4.90. The molecule has 1 nitrogen and oxygen atoms in total. The predicted octanol–water partition coefficient (Wildman–Crippen LogP) is 3.24. The molecule has 0 aliphatic carbocycles. The van der Waals surface area contributed by atoms with Crippen molar-refractivity contribution in [3.8, 4) is 0 Å². The maximum Gasteiger partial charge on any atom is 0.416 e. The van der Waals surface area contributed by atoms with Crippen molar-refractivity contribution in [2.45, 2.75) is 23.4 Å². The molecule has 16 heavy (non-hydrogen) atoms. The summed E-state index contributed by atoms with van der Waals surface area (Å²) in [5.74, 6) is 1.01. The van der Waals surface area contributed by atoms with E-state index in [1.165, 1.54) is 6.07 Å². The average Bonchev–Trinajstić information content (AvgIpc) is 2.60. The van der Waals surface area contributed by atoms with Gasteiger partial charge >= 0.3 is 6.18 Å². The molecule has 1 aromatic rings. The fourth-order valence-corrected chi connectivity index (χ4v) is 3.18. The van der Waals surface area contributed by atoms with Crippen LogP contribution in [0, 0.1) is 0 Å². The van der Waals surface area contributed by atoms with Gasteiger partial charge in [-0.2, -0.15) is 13.2 Å². The summed E-state index contributed by atoms with van der Waals surface area (Å²) >= 11 is 1.61. The van der Waals surface area contributed by atoms with E-state index in [2.05, 4.69) is 0 Å². The van der Waals surface area contributed by atoms with Crippen LogP contribution in [0.15, 0.2) is 23.1 Å². The minimum Gasteiger partial charge on any atom is -0.330 e. The minimum absolute atomic E-state index is 0.173. The smallest absolute Gasteiger partial charge is 0.330 e. The summed E-state index contributed by atoms with van der Waals surface area (Å²) in [6.07, 6.45) is -3.50. The number of thioether (sulfide) groups is 1. The monoisotopic (exact) mass is 247 g/mol. The SMILES string of the molecule is NCCC1CSc2ccc(C(F)(F)F)cc21. The van der Waals surface area contributed by atoms with Crippen molar-refractivity contribution in [1.29, 1.82) is 0 Å². The zero-order valence-corrected chi connectivity index (χ0v) is 9.37. The lowest BCUT2D eigenvalue weighted by molar-refractivity contribution is -0.137. The maximum atomic E-state index is 12.5. The van der Waals surface area contributed by atoms with Gasteiger partial charge in [0.25, 0.3) is 0 Å². The zero-order valence-electron chi connectivity index (χ0n) is 8.55. The first-order valence-electron chi connectivity index (χ1n) is 5.06. The van der Waals surface area contributed by atoms with Gasteiger partial charge < -0.3 is 5.73 Å². The van der Waals surface area contributed by atoms with Crippen LogP contribution in [0.5, 0.6) is 0 Å². The van der Waals surface area contributed by atoms with Crippen molar-refractivity contribution in [1.82, 2.24) is 0 Å². The maximum absolute atomic E-state index is 12.5. The van der Waals surface area contributed by atoms with Crippen molar-refractivity contribution in [3.05, 3.63) is 29.3 Å². The molecule has 0 amide bonds. The number of hydrogen-bond acceptors (Lipinski definition) is 2. The van der Waals surface area contributed by atoms with Crippen molar-refractivity contribution in [2.24, 2.45) is 5.73 Å². The molecule has 1 aliphatic rings. The van der Waals surface area contributed by atoms with Gasteiger partial charge in [0.1, 0.15) is 0 Å². The fourth-order valence-electron chi connectivity index (χ4n) is 1.90. The first-order valence-corrected chi connectivity index (χ1v) is 6.05. The summed E-state index contributed by atoms with van der Waals surface area (Å²) in [6, 6.07) is 3.99. The van der Waals surface area contributed by atoms with Gasteiger partial charge in [0, 0.05) is 10.6 Å². The summed E-state index contributed by atoms with van der Waals surface area (Å²) in [6.45, 7) is 0.515. The van der Waals surface area contributed by atoms with E-state index in [4.69, 9.17) is 5.73 Å². The summed E-state index contributed by atoms with van der Waals surface area (Å²) in [5, 5.41) is 0. The molecule has 0 saturated heterocycles. The Morgan fingerprint density at radius 2 is 2.12 bits per heavy atom. The molecule has 0 aromatic heterocycles. The molecule has 5 heteroatoms. The fraction of sp³-hybridized carbons (Fsp3) is 0.455. The summed E-state index contributed by atoms with van der Waals surface area (Å²) < 4.78 is 37.6. The van der Waals surface area contributed by atoms with Gasteiger partial charge in [0.2, 0.25) is 0 Å². The van der Waals surface area contributed by atoms with Crippen molar-refractivity contribution in [3.63, 3.8) is 0 Å². The first-order chi connectivity index (χ1) is 7.52. The van der Waals surface area contributed by atoms with Gasteiger partial charge in [-0.1, -0.05) is 0 Å². The highest BCUT2D eigenvalue weighted by Crippen LogP contribution is 2.43. The van der Waals surface area contributed by atoms with E-state index in [1.54, 1.807) is 17.8 Å². The number of nitrogens with two attached hydrogens (primary N) is 1. The summed E-state index contributed by atoms with van der Waals surface area (Å²) in [5.41, 5.74) is 5.71. The average molecular weight is 247 g/mol. The lowest BCUT2D eigenvalue weighted by Gasteiger charge is -2.12. The minimum atomic E-state index is -4.25. The van der Waals surface area contributed by atoms with Crippen LogP contribution in [-0.2, 0) is 6.18 Å². The third-order valence-electron chi connectivity index (χ3n) is 2.73. The predicted molar refractivity (Wildman–Crippen MR) is 58.6 cm³/mol. The second kappa shape index (κ2) is 4.30. The van der Waals surface area contributed by atoms with E-state index in [-0.39, 0.29) is 5.92 Å². The highest BCUT2D eigenvalue weighted by Gasteiger charge is 2.33. The first kappa shape index (κ1) is 11.8. The molecule has 1 aliphatic heterocycles. The number of rotatable bonds is 2. The highest BCUT2D eigenvalue weighted by atomic mass is 32.2. The third-order valence-corrected chi connectivity index (χ3v) is 3.98. The van der Waals surface area contributed by atoms with Gasteiger partial charge in [0.05, 0.1) is 5.56 Å². The highest BCUT2D eigenvalue weighted by molar-refractivity contribution is 7.99. The molecule has 2 N–H and O–H groups in total. The van der Waals surface area contributed by atoms with Gasteiger partial charge in [-0.3, -0.25) is 0 Å². The Labute approximate surface area is 96.2 Å². The summed E-state index contributed by atoms with van der Waals surface area (Å²) in [4.78, 5) is 0.964. The van der Waals surface area contributed by atoms with Crippen LogP contribution in [-0.4, -0.2) is 12.3 Å². The number of fused-ring (bicyclic) bond motifs is 1. The molecule has 1 aromatic carbocycles. The Bertz CT molecular complexity index is 387. The lowest BCUT2D eigenvalue weighted by Crippen LogP contribution is -2.09. The molecule has 0 saturated carbocycles. The van der Waals surface area contributed by atoms with Crippen LogP contribution in [0.3, 0.4) is 0 Å². The number of hydrogen-bond donors (Lipinski definition) is 1. The quantitative estimate of drug-likeness (QED) is 0.868. The van der Waals surface area contributed by atoms with E-state index in [0.717, 1.165) is 28.7 Å². The molecule has 2 rings (SSSR count). The molecular weight excluding hydrogens is 235 g/mol. The van der Waals surface area contributed by atoms with Crippen molar-refractivity contribution in [2.75, 3.05) is 12.3 Å². The third kappa shape index (κ3) is 2.20. The number of halogens is 3. The van der Waals surface area contributed by atoms with E-state index >= 15 is 0 Å². The Balaban J connectivity index is 2.34. The van der Waals surface area contributed by atoms with Gasteiger partial charge in [0.15, 0.2) is 0 Å². The Morgan fingerprint density at radius 1 is 1.38 bits per heavy atom. The van der Waals surface area contributed by atoms with Crippen LogP contribution in [0.1, 0.15) is 23.5 Å². The standard InChI is InChI=1S/C11H12F3NS/c12-11(13,14)8-1-2-10-9(5-8)7(3-4-15)6-16-10/h1-2,5,7H,3-4,6,15H2. The van der Waals surface area contributed by atoms with E-state index in [9.17, 15) is 13.2 Å². The number of benzene rings is 1. The van der Waals surface area contributed by atoms with Crippen LogP contribution in [0.25, 0.3) is 0 Å². The van der Waals surface area contributed by atoms with Crippen LogP contribution >= 0.6 is 11.8 Å². The number of alkyl halides is 3. The van der Waals surface area contributed by atoms with E-state index < -0.39 is 11.7 Å². The molecule has 0 radical (unpaired) electrons. The summed E-state index contributed by atoms with van der Waals surface area (Å²) in [7, 11) is 0. The van der Waals surface area contributed by atoms with Crippen LogP contribution < -0.4 is 5.73 Å². The second-order valence-electron chi connectivity index (χ2n) is 3.84. The Kier molecular flexibility index (Phi) is 3.17. The molecule has 1 heterocycles. The van der Waals surface area contributed by atoms with E-state index in [1.807, 2.05) is 0 Å². The molecule has 0 spiro atoms.